The molecule has 2 heteroatoms. The maximum atomic E-state index is 2.49. The molecule has 0 aliphatic rings. The van der Waals surface area contributed by atoms with Crippen LogP contribution in [0.1, 0.15) is 0 Å². The van der Waals surface area contributed by atoms with E-state index in [-0.39, 0.29) is 0 Å². The minimum Gasteiger partial charge on any atom is -0.309 e. The van der Waals surface area contributed by atoms with Crippen molar-refractivity contribution in [2.75, 3.05) is 4.90 Å². The van der Waals surface area contributed by atoms with E-state index in [0.717, 1.165) is 28.3 Å². The molecule has 0 fully saturated rings. The van der Waals surface area contributed by atoms with Crippen LogP contribution in [0.25, 0.3) is 92.8 Å². The molecule has 0 bridgehead atoms. The van der Waals surface area contributed by atoms with Gasteiger partial charge in [-0.1, -0.05) is 170 Å². The smallest absolute Gasteiger partial charge is 0.0547 e. The molecule has 0 atom stereocenters. The molecule has 1 heterocycles. The predicted molar refractivity (Wildman–Crippen MR) is 256 cm³/mol. The highest BCUT2D eigenvalue weighted by Gasteiger charge is 2.23. The van der Waals surface area contributed by atoms with Gasteiger partial charge in [0.25, 0.3) is 0 Å². The van der Waals surface area contributed by atoms with Gasteiger partial charge in [0.2, 0.25) is 0 Å². The summed E-state index contributed by atoms with van der Waals surface area (Å²) in [5.41, 5.74) is 11.6. The molecule has 0 saturated heterocycles. The zero-order chi connectivity index (χ0) is 39.6. The number of aromatic nitrogens is 1. The van der Waals surface area contributed by atoms with Crippen molar-refractivity contribution in [2.24, 2.45) is 0 Å². The maximum Gasteiger partial charge on any atom is 0.0547 e. The second-order valence-corrected chi connectivity index (χ2v) is 15.7. The van der Waals surface area contributed by atoms with Crippen LogP contribution < -0.4 is 4.90 Å². The first-order valence-corrected chi connectivity index (χ1v) is 20.7. The Hall–Kier alpha value is -7.94. The summed E-state index contributed by atoms with van der Waals surface area (Å²) >= 11 is 0. The molecule has 12 rings (SSSR count). The van der Waals surface area contributed by atoms with Gasteiger partial charge in [-0.25, -0.2) is 0 Å². The maximum absolute atomic E-state index is 2.49. The Kier molecular flexibility index (Phi) is 7.89. The fourth-order valence-corrected chi connectivity index (χ4v) is 9.51. The van der Waals surface area contributed by atoms with Crippen LogP contribution in [-0.2, 0) is 0 Å². The van der Waals surface area contributed by atoms with Crippen LogP contribution in [0.4, 0.5) is 17.1 Å². The van der Waals surface area contributed by atoms with E-state index < -0.39 is 0 Å². The molecule has 0 saturated carbocycles. The van der Waals surface area contributed by atoms with Gasteiger partial charge in [0, 0.05) is 33.1 Å². The standard InChI is InChI=1S/C58H38N2/c1-3-15-39(16-4-1)44-28-34-56(52(35-44)40-17-5-2-6-18-40)60(58-38-53-47-22-10-9-19-41(47)27-33-49(53)48-23-11-12-24-50(48)58)46-31-29-45(30-32-46)59-55-26-14-13-25-51(55)54-36-42-20-7-8-21-43(42)37-57(54)59/h1-38H. The third-order valence-corrected chi connectivity index (χ3v) is 12.3. The van der Waals surface area contributed by atoms with E-state index in [4.69, 9.17) is 0 Å². The van der Waals surface area contributed by atoms with E-state index >= 15 is 0 Å². The molecule has 1 aromatic heterocycles. The zero-order valence-corrected chi connectivity index (χ0v) is 32.8. The van der Waals surface area contributed by atoms with Crippen LogP contribution in [-0.4, -0.2) is 4.57 Å². The second kappa shape index (κ2) is 13.9. The molecule has 60 heavy (non-hydrogen) atoms. The van der Waals surface area contributed by atoms with Gasteiger partial charge in [-0.05, 0) is 115 Å². The van der Waals surface area contributed by atoms with Crippen LogP contribution in [0.2, 0.25) is 0 Å². The molecule has 0 aliphatic heterocycles. The molecule has 11 aromatic carbocycles. The van der Waals surface area contributed by atoms with Crippen LogP contribution in [0.3, 0.4) is 0 Å². The van der Waals surface area contributed by atoms with Crippen molar-refractivity contribution >= 4 is 82.0 Å². The molecular formula is C58H38N2. The summed E-state index contributed by atoms with van der Waals surface area (Å²) in [5.74, 6) is 0. The molecular weight excluding hydrogens is 725 g/mol. The summed E-state index contributed by atoms with van der Waals surface area (Å²) in [6, 6.07) is 84.4. The molecule has 0 radical (unpaired) electrons. The fourth-order valence-electron chi connectivity index (χ4n) is 9.51. The first-order chi connectivity index (χ1) is 29.8. The summed E-state index contributed by atoms with van der Waals surface area (Å²) in [5, 5.41) is 12.4. The van der Waals surface area contributed by atoms with Gasteiger partial charge in [0.05, 0.1) is 22.4 Å². The summed E-state index contributed by atoms with van der Waals surface area (Å²) in [4.78, 5) is 2.49. The van der Waals surface area contributed by atoms with Crippen LogP contribution in [0.5, 0.6) is 0 Å². The van der Waals surface area contributed by atoms with Gasteiger partial charge in [0.15, 0.2) is 0 Å². The third-order valence-electron chi connectivity index (χ3n) is 12.3. The van der Waals surface area contributed by atoms with E-state index in [0.29, 0.717) is 0 Å². The number of nitrogens with zero attached hydrogens (tertiary/aromatic N) is 2. The Morgan fingerprint density at radius 1 is 0.283 bits per heavy atom. The monoisotopic (exact) mass is 762 g/mol. The van der Waals surface area contributed by atoms with Crippen molar-refractivity contribution in [3.8, 4) is 27.9 Å². The average Bonchev–Trinajstić information content (AvgIpc) is 3.64. The topological polar surface area (TPSA) is 8.17 Å². The highest BCUT2D eigenvalue weighted by atomic mass is 15.1. The Labute approximate surface area is 348 Å². The molecule has 280 valence electrons. The van der Waals surface area contributed by atoms with Gasteiger partial charge in [-0.3, -0.25) is 0 Å². The van der Waals surface area contributed by atoms with Crippen LogP contribution in [0, 0.1) is 0 Å². The van der Waals surface area contributed by atoms with Crippen molar-refractivity contribution in [2.45, 2.75) is 0 Å². The van der Waals surface area contributed by atoms with E-state index in [2.05, 4.69) is 240 Å². The fraction of sp³-hybridized carbons (Fsp3) is 0. The SMILES string of the molecule is c1ccc(-c2ccc(N(c3ccc(-n4c5ccccc5c5cc6ccccc6cc54)cc3)c3cc4c5ccccc5ccc4c4ccccc34)c(-c3ccccc3)c2)cc1. The molecule has 0 amide bonds. The zero-order valence-electron chi connectivity index (χ0n) is 32.8. The Bertz CT molecular complexity index is 3580. The van der Waals surface area contributed by atoms with Gasteiger partial charge in [0.1, 0.15) is 0 Å². The summed E-state index contributed by atoms with van der Waals surface area (Å²) < 4.78 is 2.42. The third kappa shape index (κ3) is 5.50. The van der Waals surface area contributed by atoms with Crippen molar-refractivity contribution in [1.82, 2.24) is 4.57 Å². The number of para-hydroxylation sites is 1. The van der Waals surface area contributed by atoms with Crippen molar-refractivity contribution < 1.29 is 0 Å². The van der Waals surface area contributed by atoms with Crippen molar-refractivity contribution in [3.05, 3.63) is 231 Å². The first-order valence-electron chi connectivity index (χ1n) is 20.7. The lowest BCUT2D eigenvalue weighted by Crippen LogP contribution is -2.12. The highest BCUT2D eigenvalue weighted by molar-refractivity contribution is 6.22. The lowest BCUT2D eigenvalue weighted by molar-refractivity contribution is 1.18. The Morgan fingerprint density at radius 3 is 1.65 bits per heavy atom. The Balaban J connectivity index is 1.13. The van der Waals surface area contributed by atoms with Gasteiger partial charge in [-0.2, -0.15) is 0 Å². The van der Waals surface area contributed by atoms with Crippen LogP contribution >= 0.6 is 0 Å². The van der Waals surface area contributed by atoms with Crippen molar-refractivity contribution in [1.29, 1.82) is 0 Å². The van der Waals surface area contributed by atoms with E-state index in [1.54, 1.807) is 0 Å². The number of rotatable bonds is 6. The summed E-state index contributed by atoms with van der Waals surface area (Å²) in [7, 11) is 0. The largest absolute Gasteiger partial charge is 0.309 e. The van der Waals surface area contributed by atoms with E-state index in [1.165, 1.54) is 81.6 Å². The first kappa shape index (κ1) is 34.1. The van der Waals surface area contributed by atoms with Crippen molar-refractivity contribution in [3.63, 3.8) is 0 Å². The molecule has 0 spiro atoms. The molecule has 12 aromatic rings. The minimum atomic E-state index is 1.08. The van der Waals surface area contributed by atoms with E-state index in [9.17, 15) is 0 Å². The number of hydrogen-bond acceptors (Lipinski definition) is 1. The highest BCUT2D eigenvalue weighted by Crippen LogP contribution is 2.47. The normalized spacial score (nSPS) is 11.7. The lowest BCUT2D eigenvalue weighted by atomic mass is 9.93. The molecule has 0 aliphatic carbocycles. The van der Waals surface area contributed by atoms with Gasteiger partial charge >= 0.3 is 0 Å². The van der Waals surface area contributed by atoms with Crippen LogP contribution in [0.15, 0.2) is 231 Å². The summed E-state index contributed by atoms with van der Waals surface area (Å²) in [6.45, 7) is 0. The minimum absolute atomic E-state index is 1.08. The van der Waals surface area contributed by atoms with E-state index in [1.807, 2.05) is 0 Å². The number of anilines is 3. The Morgan fingerprint density at radius 2 is 0.883 bits per heavy atom. The molecule has 2 nitrogen and oxygen atoms in total. The molecule has 0 unspecified atom stereocenters. The number of fused-ring (bicyclic) bond motifs is 9. The number of benzene rings is 11. The van der Waals surface area contributed by atoms with Gasteiger partial charge in [-0.15, -0.1) is 0 Å². The second-order valence-electron chi connectivity index (χ2n) is 15.7. The molecule has 0 N–H and O–H groups in total. The lowest BCUT2D eigenvalue weighted by Gasteiger charge is -2.30. The number of hydrogen-bond donors (Lipinski definition) is 0. The predicted octanol–water partition coefficient (Wildman–Crippen LogP) is 16.2. The summed E-state index contributed by atoms with van der Waals surface area (Å²) in [6.07, 6.45) is 0. The average molecular weight is 763 g/mol. The quantitative estimate of drug-likeness (QED) is 0.153. The van der Waals surface area contributed by atoms with Gasteiger partial charge < -0.3 is 9.47 Å².